The lowest BCUT2D eigenvalue weighted by atomic mass is 10.2. The number of aromatic nitrogens is 1. The molecular formula is C12H8Cl2FNO. The largest absolute Gasteiger partial charge is 0.487 e. The van der Waals surface area contributed by atoms with E-state index in [1.54, 1.807) is 12.1 Å². The Hall–Kier alpha value is -1.32. The van der Waals surface area contributed by atoms with E-state index in [-0.39, 0.29) is 12.4 Å². The lowest BCUT2D eigenvalue weighted by Gasteiger charge is -2.07. The Kier molecular flexibility index (Phi) is 3.82. The van der Waals surface area contributed by atoms with Gasteiger partial charge in [0, 0.05) is 10.6 Å². The van der Waals surface area contributed by atoms with Crippen molar-refractivity contribution in [1.82, 2.24) is 4.98 Å². The molecule has 0 saturated carbocycles. The first kappa shape index (κ1) is 12.1. The van der Waals surface area contributed by atoms with E-state index in [0.717, 1.165) is 0 Å². The van der Waals surface area contributed by atoms with Crippen molar-refractivity contribution in [2.75, 3.05) is 0 Å². The minimum atomic E-state index is -0.351. The van der Waals surface area contributed by atoms with Crippen LogP contribution < -0.4 is 4.74 Å². The molecule has 0 aliphatic rings. The molecule has 1 aromatic carbocycles. The third-order valence-electron chi connectivity index (χ3n) is 2.10. The van der Waals surface area contributed by atoms with Crippen molar-refractivity contribution < 1.29 is 9.13 Å². The van der Waals surface area contributed by atoms with Crippen molar-refractivity contribution in [2.24, 2.45) is 0 Å². The third-order valence-corrected chi connectivity index (χ3v) is 2.56. The molecule has 0 radical (unpaired) electrons. The van der Waals surface area contributed by atoms with E-state index in [2.05, 4.69) is 4.98 Å². The molecule has 0 aliphatic carbocycles. The minimum Gasteiger partial charge on any atom is -0.487 e. The molecule has 1 aromatic heterocycles. The van der Waals surface area contributed by atoms with Crippen LogP contribution in [0.1, 0.15) is 5.56 Å². The average molecular weight is 272 g/mol. The zero-order valence-corrected chi connectivity index (χ0v) is 10.2. The maximum Gasteiger partial charge on any atom is 0.138 e. The predicted molar refractivity (Wildman–Crippen MR) is 65.0 cm³/mol. The Morgan fingerprint density at radius 1 is 1.18 bits per heavy atom. The van der Waals surface area contributed by atoms with Crippen LogP contribution >= 0.6 is 23.2 Å². The van der Waals surface area contributed by atoms with E-state index in [1.165, 1.54) is 24.4 Å². The predicted octanol–water partition coefficient (Wildman–Crippen LogP) is 4.11. The Bertz CT molecular complexity index is 516. The number of rotatable bonds is 3. The van der Waals surface area contributed by atoms with Crippen LogP contribution in [0.4, 0.5) is 4.39 Å². The minimum absolute atomic E-state index is 0.0930. The number of hydrogen-bond donors (Lipinski definition) is 0. The molecule has 0 fully saturated rings. The summed E-state index contributed by atoms with van der Waals surface area (Å²) in [4.78, 5) is 3.85. The average Bonchev–Trinajstić information content (AvgIpc) is 2.32. The summed E-state index contributed by atoms with van der Waals surface area (Å²) in [5.41, 5.74) is 0.396. The zero-order valence-electron chi connectivity index (χ0n) is 8.66. The van der Waals surface area contributed by atoms with Crippen LogP contribution in [0.15, 0.2) is 36.5 Å². The van der Waals surface area contributed by atoms with Crippen LogP contribution in [0.3, 0.4) is 0 Å². The number of nitrogens with zero attached hydrogens (tertiary/aromatic N) is 1. The summed E-state index contributed by atoms with van der Waals surface area (Å²) >= 11 is 11.4. The summed E-state index contributed by atoms with van der Waals surface area (Å²) in [6.45, 7) is 0.0930. The second-order valence-electron chi connectivity index (χ2n) is 3.34. The van der Waals surface area contributed by atoms with Crippen LogP contribution in [0.2, 0.25) is 10.2 Å². The van der Waals surface area contributed by atoms with Crippen molar-refractivity contribution in [1.29, 1.82) is 0 Å². The summed E-state index contributed by atoms with van der Waals surface area (Å²) in [6, 6.07) is 7.59. The van der Waals surface area contributed by atoms with E-state index in [1.807, 2.05) is 0 Å². The molecule has 17 heavy (non-hydrogen) atoms. The first-order valence-electron chi connectivity index (χ1n) is 4.83. The SMILES string of the molecule is Fc1ccc(Cl)cc1COc1ccc(Cl)nc1. The molecular weight excluding hydrogens is 264 g/mol. The number of halogens is 3. The molecule has 2 rings (SSSR count). The lowest BCUT2D eigenvalue weighted by Crippen LogP contribution is -1.98. The van der Waals surface area contributed by atoms with E-state index in [4.69, 9.17) is 27.9 Å². The first-order chi connectivity index (χ1) is 8.15. The molecule has 0 amide bonds. The molecule has 0 N–H and O–H groups in total. The van der Waals surface area contributed by atoms with Gasteiger partial charge < -0.3 is 4.74 Å². The maximum absolute atomic E-state index is 13.4. The summed E-state index contributed by atoms with van der Waals surface area (Å²) in [5.74, 6) is 0.171. The highest BCUT2D eigenvalue weighted by atomic mass is 35.5. The lowest BCUT2D eigenvalue weighted by molar-refractivity contribution is 0.298. The molecule has 0 saturated heterocycles. The number of benzene rings is 1. The molecule has 0 spiro atoms. The topological polar surface area (TPSA) is 22.1 Å². The zero-order chi connectivity index (χ0) is 12.3. The van der Waals surface area contributed by atoms with Gasteiger partial charge in [0.15, 0.2) is 0 Å². The van der Waals surface area contributed by atoms with Gasteiger partial charge in [-0.15, -0.1) is 0 Å². The normalized spacial score (nSPS) is 10.3. The van der Waals surface area contributed by atoms with E-state index < -0.39 is 0 Å². The fourth-order valence-electron chi connectivity index (χ4n) is 1.26. The van der Waals surface area contributed by atoms with Crippen molar-refractivity contribution in [3.63, 3.8) is 0 Å². The van der Waals surface area contributed by atoms with Gasteiger partial charge >= 0.3 is 0 Å². The second kappa shape index (κ2) is 5.34. The number of ether oxygens (including phenoxy) is 1. The molecule has 1 heterocycles. The summed E-state index contributed by atoms with van der Waals surface area (Å²) < 4.78 is 18.7. The van der Waals surface area contributed by atoms with Gasteiger partial charge in [0.2, 0.25) is 0 Å². The first-order valence-corrected chi connectivity index (χ1v) is 5.59. The molecule has 5 heteroatoms. The molecule has 0 bridgehead atoms. The number of hydrogen-bond acceptors (Lipinski definition) is 2. The summed E-state index contributed by atoms with van der Waals surface area (Å²) in [6.07, 6.45) is 1.48. The Balaban J connectivity index is 2.07. The van der Waals surface area contributed by atoms with Gasteiger partial charge in [0.25, 0.3) is 0 Å². The van der Waals surface area contributed by atoms with Crippen molar-refractivity contribution in [2.45, 2.75) is 6.61 Å². The van der Waals surface area contributed by atoms with Gasteiger partial charge in [-0.3, -0.25) is 0 Å². The van der Waals surface area contributed by atoms with Gasteiger partial charge in [0.05, 0.1) is 6.20 Å². The highest BCUT2D eigenvalue weighted by Crippen LogP contribution is 2.18. The Morgan fingerprint density at radius 3 is 2.71 bits per heavy atom. The molecule has 0 aliphatic heterocycles. The molecule has 0 unspecified atom stereocenters. The van der Waals surface area contributed by atoms with Gasteiger partial charge in [-0.2, -0.15) is 0 Å². The molecule has 88 valence electrons. The summed E-state index contributed by atoms with van der Waals surface area (Å²) in [5, 5.41) is 0.852. The quantitative estimate of drug-likeness (QED) is 0.784. The third kappa shape index (κ3) is 3.32. The van der Waals surface area contributed by atoms with Crippen LogP contribution in [0.25, 0.3) is 0 Å². The fourth-order valence-corrected chi connectivity index (χ4v) is 1.57. The standard InChI is InChI=1S/C12H8Cl2FNO/c13-9-1-3-11(15)8(5-9)7-17-10-2-4-12(14)16-6-10/h1-6H,7H2. The van der Waals surface area contributed by atoms with Crippen molar-refractivity contribution in [3.05, 3.63) is 58.1 Å². The second-order valence-corrected chi connectivity index (χ2v) is 4.16. The van der Waals surface area contributed by atoms with E-state index >= 15 is 0 Å². The molecule has 2 nitrogen and oxygen atoms in total. The van der Waals surface area contributed by atoms with E-state index in [9.17, 15) is 4.39 Å². The van der Waals surface area contributed by atoms with Crippen molar-refractivity contribution in [3.8, 4) is 5.75 Å². The van der Waals surface area contributed by atoms with Crippen LogP contribution in [0, 0.1) is 5.82 Å². The van der Waals surface area contributed by atoms with Crippen LogP contribution in [0.5, 0.6) is 5.75 Å². The summed E-state index contributed by atoms with van der Waals surface area (Å²) in [7, 11) is 0. The van der Waals surface area contributed by atoms with Crippen LogP contribution in [-0.2, 0) is 6.61 Å². The number of pyridine rings is 1. The highest BCUT2D eigenvalue weighted by molar-refractivity contribution is 6.30. The van der Waals surface area contributed by atoms with Gasteiger partial charge in [0.1, 0.15) is 23.3 Å². The van der Waals surface area contributed by atoms with Crippen LogP contribution in [-0.4, -0.2) is 4.98 Å². The highest BCUT2D eigenvalue weighted by Gasteiger charge is 2.04. The van der Waals surface area contributed by atoms with Gasteiger partial charge in [-0.05, 0) is 30.3 Å². The smallest absolute Gasteiger partial charge is 0.138 e. The fraction of sp³-hybridized carbons (Fsp3) is 0.0833. The molecule has 2 aromatic rings. The van der Waals surface area contributed by atoms with Gasteiger partial charge in [-0.1, -0.05) is 23.2 Å². The van der Waals surface area contributed by atoms with Gasteiger partial charge in [-0.25, -0.2) is 9.37 Å². The van der Waals surface area contributed by atoms with E-state index in [0.29, 0.717) is 21.5 Å². The maximum atomic E-state index is 13.4. The Morgan fingerprint density at radius 2 is 2.00 bits per heavy atom. The monoisotopic (exact) mass is 271 g/mol. The van der Waals surface area contributed by atoms with Crippen molar-refractivity contribution >= 4 is 23.2 Å². The Labute approximate surface area is 108 Å². The molecule has 0 atom stereocenters.